The van der Waals surface area contributed by atoms with E-state index in [1.54, 1.807) is 17.9 Å². The average molecular weight is 684 g/mol. The number of carbonyl (C=O) groups excluding carboxylic acids is 4. The van der Waals surface area contributed by atoms with Crippen LogP contribution in [0, 0.1) is 17.7 Å². The quantitative estimate of drug-likeness (QED) is 0.444. The first kappa shape index (κ1) is 36.2. The maximum Gasteiger partial charge on any atom is 0.255 e. The smallest absolute Gasteiger partial charge is 0.255 e. The molecule has 0 radical (unpaired) electrons. The van der Waals surface area contributed by atoms with Gasteiger partial charge in [0.25, 0.3) is 5.91 Å². The van der Waals surface area contributed by atoms with Crippen LogP contribution in [0.1, 0.15) is 94.1 Å². The number of likely N-dealkylation sites (N-methyl/N-ethyl adjacent to an activating group) is 1. The molecular formula is C35H50FN7O6. The van der Waals surface area contributed by atoms with Crippen LogP contribution in [0.3, 0.4) is 0 Å². The van der Waals surface area contributed by atoms with Gasteiger partial charge >= 0.3 is 0 Å². The van der Waals surface area contributed by atoms with Crippen LogP contribution in [-0.2, 0) is 27.5 Å². The molecule has 49 heavy (non-hydrogen) atoms. The number of carbonyl (C=O) groups is 4. The summed E-state index contributed by atoms with van der Waals surface area (Å²) in [4.78, 5) is 58.1. The van der Waals surface area contributed by atoms with Gasteiger partial charge in [0.2, 0.25) is 17.7 Å². The summed E-state index contributed by atoms with van der Waals surface area (Å²) in [6.45, 7) is 4.85. The van der Waals surface area contributed by atoms with Gasteiger partial charge in [-0.3, -0.25) is 23.9 Å². The van der Waals surface area contributed by atoms with Crippen molar-refractivity contribution in [1.29, 1.82) is 0 Å². The molecule has 3 heterocycles. The Hall–Kier alpha value is -4.07. The number of hydrogen-bond acceptors (Lipinski definition) is 8. The first-order valence-electron chi connectivity index (χ1n) is 17.6. The molecule has 268 valence electrons. The Balaban J connectivity index is 1.41. The Kier molecular flexibility index (Phi) is 12.2. The lowest BCUT2D eigenvalue weighted by Crippen LogP contribution is -2.57. The van der Waals surface area contributed by atoms with E-state index < -0.39 is 47.8 Å². The molecule has 3 aliphatic rings. The maximum absolute atomic E-state index is 14.4. The number of rotatable bonds is 4. The monoisotopic (exact) mass is 683 g/mol. The fraction of sp³-hybridized carbons (Fsp3) is 0.657. The first-order chi connectivity index (χ1) is 23.5. The van der Waals surface area contributed by atoms with Gasteiger partial charge in [-0.2, -0.15) is 0 Å². The van der Waals surface area contributed by atoms with Crippen LogP contribution in [0.25, 0.3) is 0 Å². The predicted molar refractivity (Wildman–Crippen MR) is 178 cm³/mol. The summed E-state index contributed by atoms with van der Waals surface area (Å²) in [5.41, 5.74) is 0.543. The summed E-state index contributed by atoms with van der Waals surface area (Å²) in [5, 5.41) is 24.8. The Morgan fingerprint density at radius 2 is 1.82 bits per heavy atom. The van der Waals surface area contributed by atoms with Gasteiger partial charge in [-0.05, 0) is 49.7 Å². The average Bonchev–Trinajstić information content (AvgIpc) is 3.63. The van der Waals surface area contributed by atoms with Crippen LogP contribution in [0.5, 0.6) is 5.75 Å². The van der Waals surface area contributed by atoms with Crippen molar-refractivity contribution in [2.45, 2.75) is 115 Å². The predicted octanol–water partition coefficient (Wildman–Crippen LogP) is 2.81. The molecule has 1 aromatic carbocycles. The number of halogens is 1. The maximum atomic E-state index is 14.4. The highest BCUT2D eigenvalue weighted by Gasteiger charge is 2.45. The molecule has 1 aromatic heterocycles. The van der Waals surface area contributed by atoms with Crippen molar-refractivity contribution in [3.8, 4) is 5.75 Å². The van der Waals surface area contributed by atoms with E-state index in [4.69, 9.17) is 4.74 Å². The second-order valence-electron chi connectivity index (χ2n) is 14.2. The molecule has 1 saturated carbocycles. The van der Waals surface area contributed by atoms with Crippen molar-refractivity contribution in [3.05, 3.63) is 41.5 Å². The number of ether oxygens (including phenoxy) is 1. The zero-order valence-corrected chi connectivity index (χ0v) is 28.8. The van der Waals surface area contributed by atoms with Crippen LogP contribution in [-0.4, -0.2) is 97.9 Å². The summed E-state index contributed by atoms with van der Waals surface area (Å²) >= 11 is 0. The van der Waals surface area contributed by atoms with Crippen LogP contribution < -0.4 is 15.4 Å². The van der Waals surface area contributed by atoms with E-state index in [0.717, 1.165) is 57.1 Å². The highest BCUT2D eigenvalue weighted by molar-refractivity contribution is 6.00. The van der Waals surface area contributed by atoms with E-state index in [9.17, 15) is 28.7 Å². The zero-order chi connectivity index (χ0) is 35.1. The van der Waals surface area contributed by atoms with Gasteiger partial charge in [0.05, 0.1) is 17.9 Å². The number of aliphatic hydroxyl groups excluding tert-OH is 1. The third-order valence-electron chi connectivity index (χ3n) is 9.54. The van der Waals surface area contributed by atoms with Gasteiger partial charge in [0.1, 0.15) is 42.0 Å². The van der Waals surface area contributed by atoms with Gasteiger partial charge in [-0.1, -0.05) is 51.2 Å². The molecule has 0 unspecified atom stereocenters. The summed E-state index contributed by atoms with van der Waals surface area (Å²) < 4.78 is 21.9. The summed E-state index contributed by atoms with van der Waals surface area (Å²) in [5.74, 6) is -2.07. The molecule has 3 N–H and O–H groups in total. The van der Waals surface area contributed by atoms with Crippen molar-refractivity contribution in [1.82, 2.24) is 35.4 Å². The summed E-state index contributed by atoms with van der Waals surface area (Å²) in [7, 11) is 1.59. The van der Waals surface area contributed by atoms with Gasteiger partial charge in [0.15, 0.2) is 0 Å². The molecule has 1 saturated heterocycles. The molecule has 2 fully saturated rings. The van der Waals surface area contributed by atoms with Crippen molar-refractivity contribution in [3.63, 3.8) is 0 Å². The minimum Gasteiger partial charge on any atom is -0.486 e. The number of fused-ring (bicyclic) bond motifs is 4. The lowest BCUT2D eigenvalue weighted by atomic mass is 10.0. The molecule has 4 amide bonds. The van der Waals surface area contributed by atoms with Gasteiger partial charge in [-0.25, -0.2) is 4.39 Å². The third kappa shape index (κ3) is 9.77. The van der Waals surface area contributed by atoms with E-state index >= 15 is 0 Å². The normalized spacial score (nSPS) is 25.5. The molecule has 2 bridgehead atoms. The van der Waals surface area contributed by atoms with E-state index in [1.807, 2.05) is 13.8 Å². The SMILES string of the molecule is CC(C)C[C@H]1NC(=O)c2ccc(F)cc2OCc2cn(nn2)CCCCCCCNC(=O)[C@H](CC2CC2)N(C)C(=O)[C@H]2C[C@H](O)CN2C1=O. The lowest BCUT2D eigenvalue weighted by Gasteiger charge is -2.34. The molecule has 0 spiro atoms. The molecule has 4 atom stereocenters. The number of aromatic nitrogens is 3. The van der Waals surface area contributed by atoms with Crippen molar-refractivity contribution >= 4 is 23.6 Å². The Morgan fingerprint density at radius 3 is 2.57 bits per heavy atom. The van der Waals surface area contributed by atoms with Gasteiger partial charge in [0, 0.05) is 39.2 Å². The largest absolute Gasteiger partial charge is 0.486 e. The number of hydrogen-bond donors (Lipinski definition) is 3. The number of amides is 4. The molecule has 1 aliphatic carbocycles. The summed E-state index contributed by atoms with van der Waals surface area (Å²) in [6, 6.07) is 0.814. The molecule has 2 aromatic rings. The highest BCUT2D eigenvalue weighted by atomic mass is 19.1. The number of aryl methyl sites for hydroxylation is 1. The highest BCUT2D eigenvalue weighted by Crippen LogP contribution is 2.35. The van der Waals surface area contributed by atoms with Crippen LogP contribution in [0.4, 0.5) is 4.39 Å². The molecule has 5 rings (SSSR count). The van der Waals surface area contributed by atoms with Crippen molar-refractivity contribution in [2.24, 2.45) is 11.8 Å². The molecule has 14 heteroatoms. The second kappa shape index (κ2) is 16.6. The molecule has 13 nitrogen and oxygen atoms in total. The standard InChI is InChI=1S/C35H50FN7O6/c1-22(2)15-28-34(47)43-20-26(44)18-30(43)35(48)41(3)29(16-23-9-10-23)33(46)37-13-7-5-4-6-8-14-42-19-25(39-40-42)21-49-31-17-24(36)11-12-27(31)32(45)38-28/h11-12,17,19,22-23,26,28-30,44H,4-10,13-16,18,20-21H2,1-3H3,(H,37,46)(H,38,45)/t26-,28+,29-,30+/m0/s1. The number of aliphatic hydroxyl groups is 1. The first-order valence-corrected chi connectivity index (χ1v) is 17.6. The second-order valence-corrected chi connectivity index (χ2v) is 14.2. The number of nitrogens with one attached hydrogen (secondary N) is 2. The fourth-order valence-electron chi connectivity index (χ4n) is 6.65. The van der Waals surface area contributed by atoms with Crippen molar-refractivity contribution < 1.29 is 33.4 Å². The van der Waals surface area contributed by atoms with E-state index in [1.165, 1.54) is 15.9 Å². The molecular weight excluding hydrogens is 633 g/mol. The Bertz CT molecular complexity index is 1480. The Morgan fingerprint density at radius 1 is 1.06 bits per heavy atom. The lowest BCUT2D eigenvalue weighted by molar-refractivity contribution is -0.147. The van der Waals surface area contributed by atoms with Gasteiger partial charge in [-0.15, -0.1) is 5.10 Å². The third-order valence-corrected chi connectivity index (χ3v) is 9.54. The van der Waals surface area contributed by atoms with Crippen LogP contribution >= 0.6 is 0 Å². The van der Waals surface area contributed by atoms with E-state index in [0.29, 0.717) is 31.1 Å². The van der Waals surface area contributed by atoms with Crippen molar-refractivity contribution in [2.75, 3.05) is 20.1 Å². The minimum atomic E-state index is -1.05. The van der Waals surface area contributed by atoms with Crippen LogP contribution in [0.2, 0.25) is 0 Å². The topological polar surface area (TPSA) is 159 Å². The van der Waals surface area contributed by atoms with E-state index in [-0.39, 0.29) is 49.1 Å². The zero-order valence-electron chi connectivity index (χ0n) is 28.8. The van der Waals surface area contributed by atoms with Gasteiger partial charge < -0.3 is 30.3 Å². The minimum absolute atomic E-state index is 0.0143. The summed E-state index contributed by atoms with van der Waals surface area (Å²) in [6.07, 6.45) is 8.24. The number of nitrogens with zero attached hydrogens (tertiary/aromatic N) is 5. The Labute approximate surface area is 286 Å². The fourth-order valence-corrected chi connectivity index (χ4v) is 6.65. The van der Waals surface area contributed by atoms with E-state index in [2.05, 4.69) is 20.9 Å². The number of benzene rings is 1. The molecule has 2 aliphatic heterocycles. The van der Waals surface area contributed by atoms with Crippen LogP contribution in [0.15, 0.2) is 24.4 Å².